The fourth-order valence-electron chi connectivity index (χ4n) is 3.19. The summed E-state index contributed by atoms with van der Waals surface area (Å²) in [5.41, 5.74) is 0.769. The molecular weight excluding hydrogens is 404 g/mol. The van der Waals surface area contributed by atoms with Crippen LogP contribution in [0.4, 0.5) is 10.5 Å². The van der Waals surface area contributed by atoms with Gasteiger partial charge in [-0.05, 0) is 88.6 Å². The number of ether oxygens (including phenoxy) is 1. The first kappa shape index (κ1) is 25.4. The number of hydrogen-bond acceptors (Lipinski definition) is 4. The molecule has 0 aromatic carbocycles. The zero-order valence-electron chi connectivity index (χ0n) is 20.6. The van der Waals surface area contributed by atoms with Crippen molar-refractivity contribution >= 4 is 20.1 Å². The molecule has 1 aromatic heterocycles. The molecule has 0 unspecified atom stereocenters. The molecule has 0 radical (unpaired) electrons. The van der Waals surface area contributed by atoms with E-state index in [-0.39, 0.29) is 5.04 Å². The van der Waals surface area contributed by atoms with Gasteiger partial charge in [0, 0.05) is 24.4 Å². The number of carbonyl (C=O) groups is 1. The Morgan fingerprint density at radius 2 is 1.81 bits per heavy atom. The highest BCUT2D eigenvalue weighted by Gasteiger charge is 2.37. The highest BCUT2D eigenvalue weighted by atomic mass is 28.4. The Kier molecular flexibility index (Phi) is 8.35. The maximum atomic E-state index is 11.9. The van der Waals surface area contributed by atoms with E-state index in [0.717, 1.165) is 19.4 Å². The molecule has 1 aromatic rings. The first-order chi connectivity index (χ1) is 14.2. The van der Waals surface area contributed by atoms with E-state index in [1.54, 1.807) is 18.3 Å². The van der Waals surface area contributed by atoms with Gasteiger partial charge in [0.15, 0.2) is 8.32 Å². The Balaban J connectivity index is 1.85. The van der Waals surface area contributed by atoms with Gasteiger partial charge >= 0.3 is 6.09 Å². The molecule has 2 rings (SSSR count). The smallest absolute Gasteiger partial charge is 0.412 e. The number of pyridine rings is 1. The fraction of sp³-hybridized carbons (Fsp3) is 0.680. The molecule has 1 amide bonds. The summed E-state index contributed by atoms with van der Waals surface area (Å²) in [6, 6.07) is 3.53. The summed E-state index contributed by atoms with van der Waals surface area (Å²) in [6.07, 6.45) is 5.73. The molecule has 1 fully saturated rings. The molecule has 0 spiro atoms. The molecule has 0 bridgehead atoms. The molecule has 1 aliphatic carbocycles. The molecule has 1 N–H and O–H groups in total. The molecule has 1 aliphatic rings. The van der Waals surface area contributed by atoms with Gasteiger partial charge in [-0.15, -0.1) is 0 Å². The van der Waals surface area contributed by atoms with Crippen LogP contribution in [0.25, 0.3) is 0 Å². The molecule has 31 heavy (non-hydrogen) atoms. The third kappa shape index (κ3) is 8.66. The van der Waals surface area contributed by atoms with Crippen LogP contribution in [0.1, 0.15) is 72.9 Å². The van der Waals surface area contributed by atoms with E-state index in [1.165, 1.54) is 12.8 Å². The molecular formula is C25H40N2O3Si. The number of nitrogens with one attached hydrogen (secondary N) is 1. The summed E-state index contributed by atoms with van der Waals surface area (Å²) >= 11 is 0. The van der Waals surface area contributed by atoms with E-state index in [1.807, 2.05) is 20.8 Å². The maximum Gasteiger partial charge on any atom is 0.412 e. The third-order valence-corrected chi connectivity index (χ3v) is 10.6. The van der Waals surface area contributed by atoms with Crippen molar-refractivity contribution in [1.29, 1.82) is 0 Å². The summed E-state index contributed by atoms with van der Waals surface area (Å²) < 4.78 is 11.7. The van der Waals surface area contributed by atoms with Crippen molar-refractivity contribution in [3.05, 3.63) is 24.0 Å². The van der Waals surface area contributed by atoms with Crippen LogP contribution in [-0.2, 0) is 9.16 Å². The van der Waals surface area contributed by atoms with Gasteiger partial charge in [-0.1, -0.05) is 26.7 Å². The van der Waals surface area contributed by atoms with Gasteiger partial charge in [0.1, 0.15) is 11.3 Å². The summed E-state index contributed by atoms with van der Waals surface area (Å²) in [5.74, 6) is 7.62. The monoisotopic (exact) mass is 444 g/mol. The van der Waals surface area contributed by atoms with E-state index in [0.29, 0.717) is 23.2 Å². The van der Waals surface area contributed by atoms with Crippen molar-refractivity contribution in [2.45, 2.75) is 91.0 Å². The zero-order chi connectivity index (χ0) is 23.3. The van der Waals surface area contributed by atoms with Crippen molar-refractivity contribution in [2.24, 2.45) is 11.8 Å². The van der Waals surface area contributed by atoms with Gasteiger partial charge < -0.3 is 9.16 Å². The molecule has 1 heterocycles. The topological polar surface area (TPSA) is 60.5 Å². The highest BCUT2D eigenvalue weighted by Crippen LogP contribution is 2.38. The maximum absolute atomic E-state index is 11.9. The first-order valence-corrected chi connectivity index (χ1v) is 14.3. The second-order valence-corrected chi connectivity index (χ2v) is 15.9. The Hall–Kier alpha value is -1.84. The number of nitrogens with zero attached hydrogens (tertiary/aromatic N) is 1. The van der Waals surface area contributed by atoms with Crippen LogP contribution < -0.4 is 5.32 Å². The van der Waals surface area contributed by atoms with Crippen LogP contribution in [0, 0.1) is 23.7 Å². The SMILES string of the molecule is CC(C)(C)OC(=O)Nc1ccnc(C#CC2CCC(CO[Si](C)(C)C(C)(C)C)CC2)c1. The van der Waals surface area contributed by atoms with Gasteiger partial charge in [0.05, 0.1) is 0 Å². The standard InChI is InChI=1S/C25H40N2O3Si/c1-24(2,3)30-23(28)27-22-15-16-26-21(17-22)14-13-19-9-11-20(12-10-19)18-29-31(7,8)25(4,5)6/h15-17,19-20H,9-12,18H2,1-8H3,(H,26,27,28). The van der Waals surface area contributed by atoms with Gasteiger partial charge in [-0.2, -0.15) is 0 Å². The van der Waals surface area contributed by atoms with Crippen molar-refractivity contribution in [3.63, 3.8) is 0 Å². The first-order valence-electron chi connectivity index (χ1n) is 11.4. The summed E-state index contributed by atoms with van der Waals surface area (Å²) in [5, 5.41) is 3.00. The van der Waals surface area contributed by atoms with Crippen molar-refractivity contribution in [3.8, 4) is 11.8 Å². The second kappa shape index (κ2) is 10.2. The predicted molar refractivity (Wildman–Crippen MR) is 130 cm³/mol. The van der Waals surface area contributed by atoms with Crippen LogP contribution in [0.15, 0.2) is 18.3 Å². The normalized spacial score (nSPS) is 19.9. The highest BCUT2D eigenvalue weighted by molar-refractivity contribution is 6.74. The summed E-state index contributed by atoms with van der Waals surface area (Å²) in [7, 11) is -1.67. The lowest BCUT2D eigenvalue weighted by molar-refractivity contribution is 0.0636. The van der Waals surface area contributed by atoms with Gasteiger partial charge in [-0.3, -0.25) is 5.32 Å². The summed E-state index contributed by atoms with van der Waals surface area (Å²) in [6.45, 7) is 17.9. The lowest BCUT2D eigenvalue weighted by Crippen LogP contribution is -2.42. The second-order valence-electron chi connectivity index (χ2n) is 11.1. The number of amides is 1. The molecule has 1 saturated carbocycles. The van der Waals surface area contributed by atoms with E-state index in [9.17, 15) is 4.79 Å². The Bertz CT molecular complexity index is 805. The summed E-state index contributed by atoms with van der Waals surface area (Å²) in [4.78, 5) is 16.3. The van der Waals surface area contributed by atoms with Crippen LogP contribution >= 0.6 is 0 Å². The number of carbonyl (C=O) groups excluding carboxylic acids is 1. The van der Waals surface area contributed by atoms with E-state index in [4.69, 9.17) is 9.16 Å². The fourth-order valence-corrected chi connectivity index (χ4v) is 4.28. The average molecular weight is 445 g/mol. The minimum absolute atomic E-state index is 0.259. The molecule has 6 heteroatoms. The van der Waals surface area contributed by atoms with Crippen LogP contribution in [0.5, 0.6) is 0 Å². The minimum atomic E-state index is -1.67. The lowest BCUT2D eigenvalue weighted by atomic mass is 9.83. The Morgan fingerprint density at radius 1 is 1.16 bits per heavy atom. The van der Waals surface area contributed by atoms with Crippen LogP contribution in [0.3, 0.4) is 0 Å². The molecule has 0 atom stereocenters. The lowest BCUT2D eigenvalue weighted by Gasteiger charge is -2.38. The average Bonchev–Trinajstić information content (AvgIpc) is 2.63. The van der Waals surface area contributed by atoms with Gasteiger partial charge in [0.2, 0.25) is 0 Å². The quantitative estimate of drug-likeness (QED) is 0.419. The number of anilines is 1. The van der Waals surface area contributed by atoms with Crippen molar-refractivity contribution in [1.82, 2.24) is 4.98 Å². The zero-order valence-corrected chi connectivity index (χ0v) is 21.6. The largest absolute Gasteiger partial charge is 0.444 e. The van der Waals surface area contributed by atoms with Gasteiger partial charge in [0.25, 0.3) is 0 Å². The van der Waals surface area contributed by atoms with Crippen LogP contribution in [-0.4, -0.2) is 31.6 Å². The van der Waals surface area contributed by atoms with Crippen LogP contribution in [0.2, 0.25) is 18.1 Å². The predicted octanol–water partition coefficient (Wildman–Crippen LogP) is 6.61. The molecule has 0 saturated heterocycles. The van der Waals surface area contributed by atoms with Crippen molar-refractivity contribution < 1.29 is 14.0 Å². The van der Waals surface area contributed by atoms with Gasteiger partial charge in [-0.25, -0.2) is 9.78 Å². The molecule has 5 nitrogen and oxygen atoms in total. The Labute approximate surface area is 189 Å². The van der Waals surface area contributed by atoms with E-state index < -0.39 is 20.0 Å². The number of hydrogen-bond donors (Lipinski definition) is 1. The Morgan fingerprint density at radius 3 is 2.39 bits per heavy atom. The molecule has 0 aliphatic heterocycles. The minimum Gasteiger partial charge on any atom is -0.444 e. The molecule has 172 valence electrons. The van der Waals surface area contributed by atoms with E-state index in [2.05, 4.69) is 56.0 Å². The van der Waals surface area contributed by atoms with E-state index >= 15 is 0 Å². The third-order valence-electron chi connectivity index (χ3n) is 6.14. The van der Waals surface area contributed by atoms with Crippen molar-refractivity contribution in [2.75, 3.05) is 11.9 Å². The number of rotatable bonds is 4. The number of aromatic nitrogens is 1.